The molecule has 5 nitrogen and oxygen atoms in total. The van der Waals surface area contributed by atoms with Crippen LogP contribution in [-0.4, -0.2) is 12.0 Å². The maximum atomic E-state index is 11.1. The highest BCUT2D eigenvalue weighted by Gasteiger charge is 2.28. The average Bonchev–Trinajstić information content (AvgIpc) is 2.60. The number of fused-ring (bicyclic) bond motifs is 1. The van der Waals surface area contributed by atoms with E-state index in [4.69, 9.17) is 8.47 Å². The molecule has 1 aliphatic heterocycles. The molecule has 7 heteroatoms. The third-order valence-corrected chi connectivity index (χ3v) is 6.05. The molecule has 0 amide bonds. The summed E-state index contributed by atoms with van der Waals surface area (Å²) in [5.41, 5.74) is 1.73. The molecular weight excluding hydrogens is 364 g/mol. The summed E-state index contributed by atoms with van der Waals surface area (Å²) in [6.07, 6.45) is 7.19. The summed E-state index contributed by atoms with van der Waals surface area (Å²) in [5.74, 6) is 0.746. The predicted octanol–water partition coefficient (Wildman–Crippen LogP) is 1.06. The zero-order chi connectivity index (χ0) is 17.9. The molecule has 0 aromatic heterocycles. The van der Waals surface area contributed by atoms with Crippen LogP contribution in [0, 0.1) is 10.2 Å². The number of allylic oxidation sites excluding steroid dienone is 2. The first kappa shape index (κ1) is 17.9. The Bertz CT molecular complexity index is 851. The molecule has 1 atom stereocenters. The van der Waals surface area contributed by atoms with E-state index >= 15 is 0 Å². The summed E-state index contributed by atoms with van der Waals surface area (Å²) in [6, 6.07) is 14.6. The summed E-state index contributed by atoms with van der Waals surface area (Å²) in [7, 11) is -4.25. The smallest absolute Gasteiger partial charge is 0.147 e. The van der Waals surface area contributed by atoms with E-state index in [1.54, 1.807) is 31.4 Å². The molecule has 130 valence electrons. The lowest BCUT2D eigenvalue weighted by Gasteiger charge is -2.18. The van der Waals surface area contributed by atoms with E-state index in [1.807, 2.05) is 48.6 Å². The summed E-state index contributed by atoms with van der Waals surface area (Å²) >= 11 is 0. The van der Waals surface area contributed by atoms with Crippen LogP contribution in [0.5, 0.6) is 5.75 Å². The largest absolute Gasteiger partial charge is 0.497 e. The van der Waals surface area contributed by atoms with Crippen LogP contribution in [0.15, 0.2) is 65.6 Å². The second-order valence-electron chi connectivity index (χ2n) is 5.09. The summed E-state index contributed by atoms with van der Waals surface area (Å²) in [5, 5.41) is 0. The van der Waals surface area contributed by atoms with Crippen molar-refractivity contribution in [1.82, 2.24) is 0 Å². The van der Waals surface area contributed by atoms with Crippen LogP contribution in [0.3, 0.4) is 0 Å². The average molecular weight is 379 g/mol. The van der Waals surface area contributed by atoms with Gasteiger partial charge in [-0.1, -0.05) is 42.5 Å². The number of hydrogen-bond donors (Lipinski definition) is 0. The van der Waals surface area contributed by atoms with Crippen LogP contribution in [0.25, 0.3) is 12.2 Å². The number of ether oxygens (including phenoxy) is 1. The minimum Gasteiger partial charge on any atom is -0.497 e. The van der Waals surface area contributed by atoms with Gasteiger partial charge in [-0.15, -0.1) is 0 Å². The fourth-order valence-corrected chi connectivity index (χ4v) is 4.68. The minimum absolute atomic E-state index is 0.599. The molecule has 0 radical (unpaired) electrons. The Hall–Kier alpha value is -1.93. The molecule has 25 heavy (non-hydrogen) atoms. The van der Waals surface area contributed by atoms with Crippen LogP contribution in [0.4, 0.5) is 0 Å². The topological polar surface area (TPSA) is 87.6 Å². The lowest BCUT2D eigenvalue weighted by molar-refractivity contribution is -1.91. The second kappa shape index (κ2) is 7.53. The fourth-order valence-electron chi connectivity index (χ4n) is 2.31. The Morgan fingerprint density at radius 3 is 2.32 bits per heavy atom. The van der Waals surface area contributed by atoms with E-state index in [-0.39, 0.29) is 0 Å². The maximum Gasteiger partial charge on any atom is 0.147 e. The standard InChI is InChI=1S/C18H15ClO5S/c1-23-16-10-6-14(7-11-16)8-12-17-13-9-15-4-2-3-5-18(15)25(17)24-19(20,21)22/h2-13H,1H3/b12-8+. The van der Waals surface area contributed by atoms with Gasteiger partial charge in [0.2, 0.25) is 0 Å². The van der Waals surface area contributed by atoms with Crippen LogP contribution in [0.1, 0.15) is 11.1 Å². The quantitative estimate of drug-likeness (QED) is 0.573. The van der Waals surface area contributed by atoms with Crippen molar-refractivity contribution >= 4 is 27.8 Å². The number of rotatable bonds is 5. The minimum atomic E-state index is -4.54. The van der Waals surface area contributed by atoms with Gasteiger partial charge in [-0.3, -0.25) is 0 Å². The number of hydrogen-bond acceptors (Lipinski definition) is 5. The fraction of sp³-hybridized carbons (Fsp3) is 0.0556. The summed E-state index contributed by atoms with van der Waals surface area (Å²) < 4.78 is 43.3. The van der Waals surface area contributed by atoms with Crippen LogP contribution >= 0.6 is 10.8 Å². The molecule has 3 rings (SSSR count). The molecular formula is C18H15ClO5S. The summed E-state index contributed by atoms with van der Waals surface area (Å²) in [4.78, 5) is 1.26. The van der Waals surface area contributed by atoms with Crippen molar-refractivity contribution in [2.45, 2.75) is 4.90 Å². The van der Waals surface area contributed by atoms with Crippen molar-refractivity contribution in [3.8, 4) is 5.75 Å². The van der Waals surface area contributed by atoms with Crippen LogP contribution < -0.4 is 18.7 Å². The highest BCUT2D eigenvalue weighted by atomic mass is 35.7. The van der Waals surface area contributed by atoms with Crippen LogP contribution in [-0.2, 0) is 3.74 Å². The molecule has 1 aliphatic rings. The molecule has 1 unspecified atom stereocenters. The van der Waals surface area contributed by atoms with Gasteiger partial charge in [-0.25, -0.2) is 0 Å². The zero-order valence-corrected chi connectivity index (χ0v) is 14.8. The van der Waals surface area contributed by atoms with E-state index in [1.165, 1.54) is 0 Å². The zero-order valence-electron chi connectivity index (χ0n) is 13.3. The second-order valence-corrected chi connectivity index (χ2v) is 7.80. The van der Waals surface area contributed by atoms with Crippen molar-refractivity contribution in [2.24, 2.45) is 0 Å². The van der Waals surface area contributed by atoms with Crippen molar-refractivity contribution in [2.75, 3.05) is 7.11 Å². The Kier molecular flexibility index (Phi) is 5.39. The molecule has 0 fully saturated rings. The third-order valence-electron chi connectivity index (χ3n) is 3.46. The Morgan fingerprint density at radius 1 is 0.920 bits per heavy atom. The van der Waals surface area contributed by atoms with Crippen molar-refractivity contribution < 1.29 is 32.7 Å². The number of halogens is 1. The van der Waals surface area contributed by atoms with Crippen LogP contribution in [0.2, 0.25) is 0 Å². The van der Waals surface area contributed by atoms with Gasteiger partial charge in [0.25, 0.3) is 0 Å². The Morgan fingerprint density at radius 2 is 1.64 bits per heavy atom. The Balaban J connectivity index is 1.97. The molecule has 0 aliphatic carbocycles. The molecule has 0 spiro atoms. The molecule has 0 saturated heterocycles. The van der Waals surface area contributed by atoms with Gasteiger partial charge in [0, 0.05) is 4.86 Å². The van der Waals surface area contributed by atoms with E-state index in [0.29, 0.717) is 9.76 Å². The molecule has 0 saturated carbocycles. The highest BCUT2D eigenvalue weighted by molar-refractivity contribution is 8.12. The first-order valence-electron chi connectivity index (χ1n) is 7.27. The molecule has 2 aromatic carbocycles. The molecule has 2 aromatic rings. The van der Waals surface area contributed by atoms with Crippen molar-refractivity contribution in [3.05, 3.63) is 71.8 Å². The van der Waals surface area contributed by atoms with E-state index in [9.17, 15) is 14.0 Å². The van der Waals surface area contributed by atoms with Gasteiger partial charge < -0.3 is 4.74 Å². The van der Waals surface area contributed by atoms with E-state index in [2.05, 4.69) is 0 Å². The maximum absolute atomic E-state index is 11.1. The lowest BCUT2D eigenvalue weighted by Crippen LogP contribution is -2.60. The van der Waals surface area contributed by atoms with Gasteiger partial charge in [0.1, 0.15) is 20.3 Å². The van der Waals surface area contributed by atoms with E-state index in [0.717, 1.165) is 16.9 Å². The van der Waals surface area contributed by atoms with Crippen molar-refractivity contribution in [3.63, 3.8) is 0 Å². The molecule has 0 bridgehead atoms. The Labute approximate surface area is 150 Å². The molecule has 1 heterocycles. The van der Waals surface area contributed by atoms with Gasteiger partial charge in [-0.05, 0) is 41.5 Å². The molecule has 0 N–H and O–H groups in total. The monoisotopic (exact) mass is 378 g/mol. The number of benzene rings is 2. The van der Waals surface area contributed by atoms with E-state index < -0.39 is 21.0 Å². The SMILES string of the molecule is COc1ccc(/C=C/C2=S(O[Cl+3]([O-])([O-])[O-])c3ccccc3C=C2)cc1. The first-order chi connectivity index (χ1) is 12.0. The first-order valence-corrected chi connectivity index (χ1v) is 9.66. The van der Waals surface area contributed by atoms with Gasteiger partial charge in [0.15, 0.2) is 0 Å². The highest BCUT2D eigenvalue weighted by Crippen LogP contribution is 2.38. The van der Waals surface area contributed by atoms with Gasteiger partial charge in [-0.2, -0.15) is 14.0 Å². The number of methoxy groups -OCH3 is 1. The summed E-state index contributed by atoms with van der Waals surface area (Å²) in [6.45, 7) is 0. The third kappa shape index (κ3) is 4.58. The van der Waals surface area contributed by atoms with Crippen molar-refractivity contribution in [1.29, 1.82) is 0 Å². The lowest BCUT2D eigenvalue weighted by atomic mass is 10.1. The normalized spacial score (nSPS) is 17.0. The van der Waals surface area contributed by atoms with Gasteiger partial charge >= 0.3 is 0 Å². The predicted molar refractivity (Wildman–Crippen MR) is 89.5 cm³/mol. The van der Waals surface area contributed by atoms with Gasteiger partial charge in [0.05, 0.1) is 22.2 Å².